The fourth-order valence-corrected chi connectivity index (χ4v) is 1.33. The van der Waals surface area contributed by atoms with Crippen LogP contribution in [-0.2, 0) is 4.79 Å². The molecule has 1 amide bonds. The topological polar surface area (TPSA) is 110 Å². The highest BCUT2D eigenvalue weighted by molar-refractivity contribution is 5.81. The Morgan fingerprint density at radius 1 is 1.47 bits per heavy atom. The molecule has 0 saturated carbocycles. The second kappa shape index (κ2) is 5.33. The summed E-state index contributed by atoms with van der Waals surface area (Å²) in [5, 5.41) is 2.79. The molecule has 0 saturated heterocycles. The highest BCUT2D eigenvalue weighted by Gasteiger charge is 2.10. The summed E-state index contributed by atoms with van der Waals surface area (Å²) in [4.78, 5) is 21.0. The maximum Gasteiger partial charge on any atom is 0.239 e. The van der Waals surface area contributed by atoms with Crippen LogP contribution < -0.4 is 21.7 Å². The van der Waals surface area contributed by atoms with Gasteiger partial charge in [-0.05, 0) is 13.8 Å². The third-order valence-electron chi connectivity index (χ3n) is 1.97. The lowest BCUT2D eigenvalue weighted by atomic mass is 10.3. The number of anilines is 3. The van der Waals surface area contributed by atoms with Crippen LogP contribution in [0.1, 0.15) is 13.8 Å². The highest BCUT2D eigenvalue weighted by Crippen LogP contribution is 2.12. The van der Waals surface area contributed by atoms with Crippen LogP contribution in [0.15, 0.2) is 6.07 Å². The monoisotopic (exact) mass is 238 g/mol. The third-order valence-corrected chi connectivity index (χ3v) is 1.97. The fraction of sp³-hybridized carbons (Fsp3) is 0.500. The van der Waals surface area contributed by atoms with Crippen molar-refractivity contribution in [1.82, 2.24) is 15.3 Å². The Morgan fingerprint density at radius 2 is 2.12 bits per heavy atom. The van der Waals surface area contributed by atoms with Crippen molar-refractivity contribution in [2.24, 2.45) is 0 Å². The molecule has 0 aliphatic heterocycles. The van der Waals surface area contributed by atoms with Crippen LogP contribution in [0.4, 0.5) is 17.6 Å². The molecule has 0 spiro atoms. The lowest BCUT2D eigenvalue weighted by molar-refractivity contribution is -0.120. The molecule has 0 aliphatic rings. The standard InChI is InChI=1S/C10H18N6O/c1-6(2)13-9(17)5-16(3)8-4-7(11)14-10(12)15-8/h4,6H,5H2,1-3H3,(H,13,17)(H4,11,12,14,15). The SMILES string of the molecule is CC(C)NC(=O)CN(C)c1cc(N)nc(N)n1. The molecule has 0 aromatic carbocycles. The lowest BCUT2D eigenvalue weighted by Gasteiger charge is -2.18. The molecule has 0 aliphatic carbocycles. The summed E-state index contributed by atoms with van der Waals surface area (Å²) in [6, 6.07) is 1.68. The van der Waals surface area contributed by atoms with E-state index in [1.54, 1.807) is 18.0 Å². The largest absolute Gasteiger partial charge is 0.383 e. The van der Waals surface area contributed by atoms with Crippen LogP contribution in [0.5, 0.6) is 0 Å². The minimum absolute atomic E-state index is 0.0849. The van der Waals surface area contributed by atoms with Gasteiger partial charge in [0.2, 0.25) is 11.9 Å². The minimum atomic E-state index is -0.0849. The Bertz CT molecular complexity index is 386. The number of carbonyl (C=O) groups excluding carboxylic acids is 1. The average Bonchev–Trinajstić information content (AvgIpc) is 2.14. The van der Waals surface area contributed by atoms with E-state index in [9.17, 15) is 4.79 Å². The smallest absolute Gasteiger partial charge is 0.239 e. The van der Waals surface area contributed by atoms with Gasteiger partial charge in [0.1, 0.15) is 11.6 Å². The van der Waals surface area contributed by atoms with Gasteiger partial charge in [-0.3, -0.25) is 4.79 Å². The predicted octanol–water partition coefficient (Wildman–Crippen LogP) is -0.398. The van der Waals surface area contributed by atoms with Gasteiger partial charge in [-0.15, -0.1) is 0 Å². The van der Waals surface area contributed by atoms with Crippen molar-refractivity contribution in [3.63, 3.8) is 0 Å². The molecule has 94 valence electrons. The van der Waals surface area contributed by atoms with E-state index >= 15 is 0 Å². The number of carbonyl (C=O) groups is 1. The third kappa shape index (κ3) is 4.13. The van der Waals surface area contributed by atoms with Crippen molar-refractivity contribution >= 4 is 23.5 Å². The van der Waals surface area contributed by atoms with Gasteiger partial charge in [0, 0.05) is 19.2 Å². The Morgan fingerprint density at radius 3 is 2.65 bits per heavy atom. The average molecular weight is 238 g/mol. The predicted molar refractivity (Wildman–Crippen MR) is 67.4 cm³/mol. The van der Waals surface area contributed by atoms with Crippen molar-refractivity contribution in [3.05, 3.63) is 6.07 Å². The maximum atomic E-state index is 11.5. The van der Waals surface area contributed by atoms with Crippen molar-refractivity contribution in [3.8, 4) is 0 Å². The summed E-state index contributed by atoms with van der Waals surface area (Å²) < 4.78 is 0. The number of rotatable bonds is 4. The molecule has 5 N–H and O–H groups in total. The summed E-state index contributed by atoms with van der Waals surface area (Å²) in [6.45, 7) is 3.99. The number of nitrogens with zero attached hydrogens (tertiary/aromatic N) is 3. The van der Waals surface area contributed by atoms with E-state index in [-0.39, 0.29) is 30.3 Å². The number of hydrogen-bond donors (Lipinski definition) is 3. The van der Waals surface area contributed by atoms with Crippen molar-refractivity contribution in [1.29, 1.82) is 0 Å². The quantitative estimate of drug-likeness (QED) is 0.658. The van der Waals surface area contributed by atoms with Gasteiger partial charge in [-0.2, -0.15) is 9.97 Å². The zero-order valence-electron chi connectivity index (χ0n) is 10.3. The first-order valence-electron chi connectivity index (χ1n) is 5.29. The van der Waals surface area contributed by atoms with E-state index in [2.05, 4.69) is 15.3 Å². The zero-order chi connectivity index (χ0) is 13.0. The number of hydrogen-bond acceptors (Lipinski definition) is 6. The van der Waals surface area contributed by atoms with Gasteiger partial charge < -0.3 is 21.7 Å². The number of aromatic nitrogens is 2. The van der Waals surface area contributed by atoms with Gasteiger partial charge in [-0.25, -0.2) is 0 Å². The molecule has 0 radical (unpaired) electrons. The number of likely N-dealkylation sites (N-methyl/N-ethyl adjacent to an activating group) is 1. The summed E-state index contributed by atoms with van der Waals surface area (Å²) >= 11 is 0. The second-order valence-electron chi connectivity index (χ2n) is 4.09. The van der Waals surface area contributed by atoms with Gasteiger partial charge in [0.25, 0.3) is 0 Å². The number of nitrogens with one attached hydrogen (secondary N) is 1. The molecule has 1 rings (SSSR count). The van der Waals surface area contributed by atoms with Gasteiger partial charge >= 0.3 is 0 Å². The van der Waals surface area contributed by atoms with Crippen molar-refractivity contribution in [2.45, 2.75) is 19.9 Å². The van der Waals surface area contributed by atoms with Gasteiger partial charge in [-0.1, -0.05) is 0 Å². The summed E-state index contributed by atoms with van der Waals surface area (Å²) in [7, 11) is 1.74. The molecule has 1 aromatic heterocycles. The fourth-order valence-electron chi connectivity index (χ4n) is 1.33. The zero-order valence-corrected chi connectivity index (χ0v) is 10.3. The van der Waals surface area contributed by atoms with E-state index < -0.39 is 0 Å². The molecule has 7 nitrogen and oxygen atoms in total. The Balaban J connectivity index is 2.69. The Kier molecular flexibility index (Phi) is 4.08. The molecular weight excluding hydrogens is 220 g/mol. The number of amides is 1. The van der Waals surface area contributed by atoms with Crippen LogP contribution in [-0.4, -0.2) is 35.5 Å². The number of nitrogen functional groups attached to an aromatic ring is 2. The summed E-state index contributed by atoms with van der Waals surface area (Å²) in [5.74, 6) is 0.812. The van der Waals surface area contributed by atoms with E-state index in [0.29, 0.717) is 5.82 Å². The van der Waals surface area contributed by atoms with Crippen LogP contribution in [0.25, 0.3) is 0 Å². The lowest BCUT2D eigenvalue weighted by Crippen LogP contribution is -2.38. The molecular formula is C10H18N6O. The van der Waals surface area contributed by atoms with Crippen LogP contribution in [0, 0.1) is 0 Å². The molecule has 7 heteroatoms. The molecule has 1 heterocycles. The van der Waals surface area contributed by atoms with Crippen molar-refractivity contribution in [2.75, 3.05) is 30.0 Å². The molecule has 0 unspecified atom stereocenters. The second-order valence-corrected chi connectivity index (χ2v) is 4.09. The van der Waals surface area contributed by atoms with Crippen LogP contribution in [0.2, 0.25) is 0 Å². The minimum Gasteiger partial charge on any atom is -0.383 e. The summed E-state index contributed by atoms with van der Waals surface area (Å²) in [6.07, 6.45) is 0. The Labute approximate surface area is 100 Å². The molecule has 1 aromatic rings. The van der Waals surface area contributed by atoms with E-state index in [4.69, 9.17) is 11.5 Å². The molecule has 0 bridgehead atoms. The van der Waals surface area contributed by atoms with Crippen LogP contribution in [0.3, 0.4) is 0 Å². The molecule has 17 heavy (non-hydrogen) atoms. The van der Waals surface area contributed by atoms with Crippen molar-refractivity contribution < 1.29 is 4.79 Å². The van der Waals surface area contributed by atoms with Crippen LogP contribution >= 0.6 is 0 Å². The van der Waals surface area contributed by atoms with Gasteiger partial charge in [0.15, 0.2) is 0 Å². The molecule has 0 atom stereocenters. The normalized spacial score (nSPS) is 10.4. The van der Waals surface area contributed by atoms with E-state index in [1.807, 2.05) is 13.8 Å². The number of nitrogens with two attached hydrogens (primary N) is 2. The first kappa shape index (κ1) is 13.0. The first-order chi connectivity index (χ1) is 7.88. The Hall–Kier alpha value is -2.05. The highest BCUT2D eigenvalue weighted by atomic mass is 16.2. The maximum absolute atomic E-state index is 11.5. The molecule has 0 fully saturated rings. The first-order valence-corrected chi connectivity index (χ1v) is 5.29. The van der Waals surface area contributed by atoms with E-state index in [1.165, 1.54) is 0 Å². The van der Waals surface area contributed by atoms with E-state index in [0.717, 1.165) is 0 Å². The summed E-state index contributed by atoms with van der Waals surface area (Å²) in [5.41, 5.74) is 11.0. The van der Waals surface area contributed by atoms with Gasteiger partial charge in [0.05, 0.1) is 6.54 Å².